The van der Waals surface area contributed by atoms with Gasteiger partial charge in [0.2, 0.25) is 0 Å². The molecule has 1 N–H and O–H groups in total. The number of unbranched alkanes of at least 4 members (excludes halogenated alkanes) is 9. The Labute approximate surface area is 183 Å². The first-order chi connectivity index (χ1) is 12.4. The van der Waals surface area contributed by atoms with E-state index in [0.717, 1.165) is 6.42 Å². The predicted molar refractivity (Wildman–Crippen MR) is 118 cm³/mol. The first-order valence-corrected chi connectivity index (χ1v) is 10.1. The number of benzene rings is 2. The Kier molecular flexibility index (Phi) is 18.7. The van der Waals surface area contributed by atoms with E-state index in [1.54, 1.807) is 0 Å². The molecule has 0 amide bonds. The van der Waals surface area contributed by atoms with Crippen molar-refractivity contribution in [1.29, 1.82) is 0 Å². The zero-order chi connectivity index (χ0) is 18.0. The molecule has 0 heterocycles. The largest absolute Gasteiger partial charge is 0.0622 e. The molecular weight excluding hydrogens is 327 g/mol. The molecule has 0 radical (unpaired) electrons. The van der Waals surface area contributed by atoms with Crippen LogP contribution in [0.15, 0.2) is 60.7 Å². The molecule has 2 aromatic rings. The van der Waals surface area contributed by atoms with E-state index in [9.17, 15) is 0 Å². The van der Waals surface area contributed by atoms with Crippen LogP contribution < -0.4 is 0 Å². The Bertz CT molecular complexity index is 451. The number of aliphatic hydroxyl groups excluding tert-OH is 1. The molecule has 0 unspecified atom stereocenters. The van der Waals surface area contributed by atoms with E-state index < -0.39 is 0 Å². The fraction of sp³-hybridized carbons (Fsp3) is 0.500. The number of aliphatic hydroxyl groups is 1. The normalized spacial score (nSPS) is 9.77. The van der Waals surface area contributed by atoms with Crippen molar-refractivity contribution in [1.82, 2.24) is 0 Å². The molecule has 140 valence electrons. The summed E-state index contributed by atoms with van der Waals surface area (Å²) in [5, 5.41) is 8.57. The van der Waals surface area contributed by atoms with Crippen LogP contribution in [0.1, 0.15) is 71.1 Å². The third-order valence-corrected chi connectivity index (χ3v) is 4.39. The van der Waals surface area contributed by atoms with Gasteiger partial charge < -0.3 is 5.11 Å². The molecule has 0 aromatic heterocycles. The summed E-state index contributed by atoms with van der Waals surface area (Å²) < 4.78 is 0. The van der Waals surface area contributed by atoms with Crippen molar-refractivity contribution in [3.05, 3.63) is 60.7 Å². The molecule has 0 saturated carbocycles. The Morgan fingerprint density at radius 1 is 0.538 bits per heavy atom. The summed E-state index contributed by atoms with van der Waals surface area (Å²) in [7, 11) is 0. The molecule has 2 aromatic carbocycles. The molecular formula is C24H37NaO. The average molecular weight is 365 g/mol. The van der Waals surface area contributed by atoms with Gasteiger partial charge in [-0.25, -0.2) is 0 Å². The monoisotopic (exact) mass is 364 g/mol. The van der Waals surface area contributed by atoms with Crippen molar-refractivity contribution >= 4 is 29.6 Å². The van der Waals surface area contributed by atoms with E-state index in [-0.39, 0.29) is 29.6 Å². The van der Waals surface area contributed by atoms with Crippen LogP contribution >= 0.6 is 0 Å². The summed E-state index contributed by atoms with van der Waals surface area (Å²) >= 11 is 0. The first kappa shape index (κ1) is 25.4. The average Bonchev–Trinajstić information content (AvgIpc) is 2.69. The summed E-state index contributed by atoms with van der Waals surface area (Å²) in [6.07, 6.45) is 13.3. The summed E-state index contributed by atoms with van der Waals surface area (Å²) in [5.41, 5.74) is 2.55. The van der Waals surface area contributed by atoms with Crippen LogP contribution in [0, 0.1) is 0 Å². The maximum absolute atomic E-state index is 8.57. The van der Waals surface area contributed by atoms with E-state index in [1.807, 2.05) is 12.1 Å². The van der Waals surface area contributed by atoms with Gasteiger partial charge in [-0.1, -0.05) is 125 Å². The Balaban J connectivity index is 0.000000463. The van der Waals surface area contributed by atoms with E-state index in [0.29, 0.717) is 6.61 Å². The van der Waals surface area contributed by atoms with Crippen LogP contribution in [0.4, 0.5) is 0 Å². The number of hydrogen-bond donors (Lipinski definition) is 1. The first-order valence-electron chi connectivity index (χ1n) is 10.1. The summed E-state index contributed by atoms with van der Waals surface area (Å²) in [4.78, 5) is 0. The van der Waals surface area contributed by atoms with Gasteiger partial charge in [-0.2, -0.15) is 0 Å². The third kappa shape index (κ3) is 13.6. The van der Waals surface area contributed by atoms with Gasteiger partial charge in [-0.3, -0.25) is 0 Å². The van der Waals surface area contributed by atoms with Crippen molar-refractivity contribution in [2.24, 2.45) is 0 Å². The minimum absolute atomic E-state index is 0. The molecule has 0 bridgehead atoms. The maximum Gasteiger partial charge on any atom is -0.0184 e. The molecule has 0 fully saturated rings. The van der Waals surface area contributed by atoms with Gasteiger partial charge in [0.15, 0.2) is 0 Å². The van der Waals surface area contributed by atoms with E-state index in [2.05, 4.69) is 55.5 Å². The molecule has 2 heteroatoms. The van der Waals surface area contributed by atoms with Crippen molar-refractivity contribution in [2.45, 2.75) is 71.1 Å². The van der Waals surface area contributed by atoms with Crippen LogP contribution in [-0.2, 0) is 0 Å². The van der Waals surface area contributed by atoms with Crippen molar-refractivity contribution < 1.29 is 5.11 Å². The van der Waals surface area contributed by atoms with Gasteiger partial charge in [-0.05, 0) is 17.5 Å². The quantitative estimate of drug-likeness (QED) is 0.351. The minimum Gasteiger partial charge on any atom is -0.0622 e. The molecule has 0 atom stereocenters. The van der Waals surface area contributed by atoms with Gasteiger partial charge in [0, 0.05) is 6.61 Å². The second kappa shape index (κ2) is 19.2. The molecule has 0 aliphatic heterocycles. The van der Waals surface area contributed by atoms with Crippen LogP contribution in [0.2, 0.25) is 0 Å². The summed E-state index contributed by atoms with van der Waals surface area (Å²) in [5.74, 6) is 0. The minimum atomic E-state index is 0. The fourth-order valence-corrected chi connectivity index (χ4v) is 2.86. The van der Waals surface area contributed by atoms with Gasteiger partial charge in [-0.15, -0.1) is 0 Å². The molecule has 0 spiro atoms. The topological polar surface area (TPSA) is 20.2 Å². The Morgan fingerprint density at radius 2 is 0.885 bits per heavy atom. The summed E-state index contributed by atoms with van der Waals surface area (Å²) in [6.45, 7) is 2.63. The maximum atomic E-state index is 8.57. The predicted octanol–water partition coefficient (Wildman–Crippen LogP) is 6.60. The zero-order valence-corrected chi connectivity index (χ0v) is 16.0. The second-order valence-electron chi connectivity index (χ2n) is 6.64. The zero-order valence-electron chi connectivity index (χ0n) is 16.0. The Morgan fingerprint density at radius 3 is 1.23 bits per heavy atom. The van der Waals surface area contributed by atoms with Crippen molar-refractivity contribution in [3.63, 3.8) is 0 Å². The SMILES string of the molecule is CCCCCCCCCCCCO.[NaH].c1ccc(-c2ccccc2)cc1. The number of rotatable bonds is 11. The third-order valence-electron chi connectivity index (χ3n) is 4.39. The Hall–Kier alpha value is -0.600. The van der Waals surface area contributed by atoms with E-state index in [4.69, 9.17) is 5.11 Å². The smallest absolute Gasteiger partial charge is 0.0184 e. The van der Waals surface area contributed by atoms with Gasteiger partial charge >= 0.3 is 29.6 Å². The van der Waals surface area contributed by atoms with Crippen molar-refractivity contribution in [3.8, 4) is 11.1 Å². The van der Waals surface area contributed by atoms with E-state index in [1.165, 1.54) is 68.9 Å². The van der Waals surface area contributed by atoms with Gasteiger partial charge in [0.1, 0.15) is 0 Å². The van der Waals surface area contributed by atoms with Crippen LogP contribution in [0.5, 0.6) is 0 Å². The molecule has 0 saturated heterocycles. The molecule has 0 aliphatic carbocycles. The molecule has 0 aliphatic rings. The van der Waals surface area contributed by atoms with E-state index >= 15 is 0 Å². The molecule has 2 rings (SSSR count). The van der Waals surface area contributed by atoms with Crippen molar-refractivity contribution in [2.75, 3.05) is 6.61 Å². The van der Waals surface area contributed by atoms with Gasteiger partial charge in [0.05, 0.1) is 0 Å². The van der Waals surface area contributed by atoms with Gasteiger partial charge in [0.25, 0.3) is 0 Å². The van der Waals surface area contributed by atoms with Crippen LogP contribution in [0.3, 0.4) is 0 Å². The van der Waals surface area contributed by atoms with Crippen LogP contribution in [0.25, 0.3) is 11.1 Å². The standard InChI is InChI=1S/C12H26O.C12H10.Na.H/c1-2-3-4-5-6-7-8-9-10-11-12-13;1-3-7-11(8-4-1)12-9-5-2-6-10-12;;/h13H,2-12H2,1H3;1-10H;;. The second-order valence-corrected chi connectivity index (χ2v) is 6.64. The fourth-order valence-electron chi connectivity index (χ4n) is 2.86. The molecule has 1 nitrogen and oxygen atoms in total. The summed E-state index contributed by atoms with van der Waals surface area (Å²) in [6, 6.07) is 20.8. The molecule has 26 heavy (non-hydrogen) atoms. The van der Waals surface area contributed by atoms with Crippen LogP contribution in [-0.4, -0.2) is 41.3 Å². The number of hydrogen-bond acceptors (Lipinski definition) is 1.